The minimum Gasteiger partial charge on any atom is -0.478 e. The summed E-state index contributed by atoms with van der Waals surface area (Å²) in [6.07, 6.45) is 0. The number of nitrogens with zero attached hydrogens (tertiary/aromatic N) is 4. The highest BCUT2D eigenvalue weighted by Crippen LogP contribution is 2.19. The van der Waals surface area contributed by atoms with Crippen LogP contribution in [-0.2, 0) is 4.79 Å². The first-order valence-electron chi connectivity index (χ1n) is 7.64. The maximum Gasteiger partial charge on any atom is 0.335 e. The maximum atomic E-state index is 12.1. The molecule has 132 valence electrons. The third-order valence-corrected chi connectivity index (χ3v) is 4.39. The molecule has 0 spiro atoms. The van der Waals surface area contributed by atoms with Crippen molar-refractivity contribution < 1.29 is 14.7 Å². The lowest BCUT2D eigenvalue weighted by atomic mass is 10.2. The third kappa shape index (κ3) is 4.25. The van der Waals surface area contributed by atoms with Gasteiger partial charge in [-0.3, -0.25) is 4.79 Å². The van der Waals surface area contributed by atoms with Gasteiger partial charge in [0.05, 0.1) is 17.0 Å². The zero-order valence-corrected chi connectivity index (χ0v) is 14.6. The Morgan fingerprint density at radius 3 is 2.46 bits per heavy atom. The van der Waals surface area contributed by atoms with E-state index in [1.807, 2.05) is 31.2 Å². The molecule has 0 unspecified atom stereocenters. The number of thioether (sulfide) groups is 1. The second kappa shape index (κ2) is 7.79. The van der Waals surface area contributed by atoms with Crippen LogP contribution in [0, 0.1) is 6.92 Å². The number of carboxylic acid groups (broad SMARTS) is 1. The quantitative estimate of drug-likeness (QED) is 0.642. The van der Waals surface area contributed by atoms with E-state index in [1.54, 1.807) is 16.8 Å². The molecule has 1 heterocycles. The topological polar surface area (TPSA) is 110 Å². The minimum atomic E-state index is -1.01. The third-order valence-electron chi connectivity index (χ3n) is 3.47. The molecule has 1 amide bonds. The average molecular weight is 369 g/mol. The number of nitrogens with one attached hydrogen (secondary N) is 1. The second-order valence-electron chi connectivity index (χ2n) is 5.43. The summed E-state index contributed by atoms with van der Waals surface area (Å²) in [7, 11) is 0. The number of carbonyl (C=O) groups excluding carboxylic acids is 1. The summed E-state index contributed by atoms with van der Waals surface area (Å²) in [5.74, 6) is -1.13. The lowest BCUT2D eigenvalue weighted by Crippen LogP contribution is -2.14. The molecule has 0 fully saturated rings. The first-order chi connectivity index (χ1) is 12.5. The molecular weight excluding hydrogens is 354 g/mol. The fourth-order valence-electron chi connectivity index (χ4n) is 2.14. The van der Waals surface area contributed by atoms with E-state index < -0.39 is 5.97 Å². The van der Waals surface area contributed by atoms with Gasteiger partial charge in [-0.2, -0.15) is 4.68 Å². The number of carboxylic acids is 1. The predicted octanol–water partition coefficient (Wildman–Crippen LogP) is 2.40. The number of aromatic carboxylic acids is 1. The van der Waals surface area contributed by atoms with E-state index in [0.717, 1.165) is 11.3 Å². The minimum absolute atomic E-state index is 0.118. The van der Waals surface area contributed by atoms with Crippen LogP contribution in [0.25, 0.3) is 5.69 Å². The maximum absolute atomic E-state index is 12.1. The van der Waals surface area contributed by atoms with Gasteiger partial charge < -0.3 is 10.4 Å². The summed E-state index contributed by atoms with van der Waals surface area (Å²) in [6.45, 7) is 1.99. The van der Waals surface area contributed by atoms with Gasteiger partial charge in [0, 0.05) is 5.69 Å². The molecule has 0 radical (unpaired) electrons. The van der Waals surface area contributed by atoms with Gasteiger partial charge >= 0.3 is 5.97 Å². The molecule has 8 nitrogen and oxygen atoms in total. The molecule has 26 heavy (non-hydrogen) atoms. The van der Waals surface area contributed by atoms with Crippen molar-refractivity contribution in [3.8, 4) is 5.69 Å². The Morgan fingerprint density at radius 2 is 1.81 bits per heavy atom. The molecule has 0 atom stereocenters. The number of amides is 1. The zero-order chi connectivity index (χ0) is 18.5. The Kier molecular flexibility index (Phi) is 5.28. The Balaban J connectivity index is 1.61. The summed E-state index contributed by atoms with van der Waals surface area (Å²) in [5.41, 5.74) is 2.63. The number of tetrazole rings is 1. The van der Waals surface area contributed by atoms with Crippen molar-refractivity contribution in [2.45, 2.75) is 12.1 Å². The van der Waals surface area contributed by atoms with Crippen LogP contribution in [0.4, 0.5) is 5.69 Å². The van der Waals surface area contributed by atoms with Gasteiger partial charge in [0.25, 0.3) is 0 Å². The molecule has 3 aromatic rings. The predicted molar refractivity (Wildman–Crippen MR) is 96.6 cm³/mol. The van der Waals surface area contributed by atoms with Crippen molar-refractivity contribution in [1.29, 1.82) is 0 Å². The molecule has 2 N–H and O–H groups in total. The van der Waals surface area contributed by atoms with Crippen molar-refractivity contribution in [3.05, 3.63) is 59.7 Å². The van der Waals surface area contributed by atoms with Crippen LogP contribution in [0.3, 0.4) is 0 Å². The summed E-state index contributed by atoms with van der Waals surface area (Å²) < 4.78 is 1.57. The van der Waals surface area contributed by atoms with Crippen LogP contribution in [0.15, 0.2) is 53.7 Å². The van der Waals surface area contributed by atoms with Gasteiger partial charge in [-0.05, 0) is 53.7 Å². The molecule has 0 aliphatic rings. The van der Waals surface area contributed by atoms with E-state index in [4.69, 9.17) is 5.11 Å². The fourth-order valence-corrected chi connectivity index (χ4v) is 2.83. The summed E-state index contributed by atoms with van der Waals surface area (Å²) in [6, 6.07) is 13.7. The van der Waals surface area contributed by atoms with Crippen LogP contribution in [0.2, 0.25) is 0 Å². The van der Waals surface area contributed by atoms with Crippen molar-refractivity contribution in [1.82, 2.24) is 20.2 Å². The molecule has 2 aromatic carbocycles. The summed E-state index contributed by atoms with van der Waals surface area (Å²) in [5, 5.41) is 23.6. The van der Waals surface area contributed by atoms with Crippen molar-refractivity contribution >= 4 is 29.3 Å². The Labute approximate surface area is 153 Å². The summed E-state index contributed by atoms with van der Waals surface area (Å²) in [4.78, 5) is 22.9. The lowest BCUT2D eigenvalue weighted by Gasteiger charge is -2.06. The van der Waals surface area contributed by atoms with E-state index in [2.05, 4.69) is 20.8 Å². The lowest BCUT2D eigenvalue weighted by molar-refractivity contribution is -0.113. The smallest absolute Gasteiger partial charge is 0.335 e. The van der Waals surface area contributed by atoms with Gasteiger partial charge in [0.15, 0.2) is 0 Å². The van der Waals surface area contributed by atoms with Gasteiger partial charge in [0.2, 0.25) is 11.1 Å². The van der Waals surface area contributed by atoms with Crippen molar-refractivity contribution in [3.63, 3.8) is 0 Å². The van der Waals surface area contributed by atoms with Crippen molar-refractivity contribution in [2.24, 2.45) is 0 Å². The normalized spacial score (nSPS) is 10.5. The highest BCUT2D eigenvalue weighted by molar-refractivity contribution is 7.99. The first-order valence-corrected chi connectivity index (χ1v) is 8.63. The number of benzene rings is 2. The SMILES string of the molecule is Cc1ccc(-n2nnnc2SCC(=O)Nc2ccc(C(=O)O)cc2)cc1. The molecule has 9 heteroatoms. The van der Waals surface area contributed by atoms with Gasteiger partial charge in [0.1, 0.15) is 0 Å². The highest BCUT2D eigenvalue weighted by Gasteiger charge is 2.12. The number of hydrogen-bond acceptors (Lipinski definition) is 6. The second-order valence-corrected chi connectivity index (χ2v) is 6.37. The molecule has 3 rings (SSSR count). The molecule has 0 saturated carbocycles. The van der Waals surface area contributed by atoms with E-state index >= 15 is 0 Å². The molecule has 0 aliphatic carbocycles. The number of anilines is 1. The number of hydrogen-bond donors (Lipinski definition) is 2. The molecule has 1 aromatic heterocycles. The van der Waals surface area contributed by atoms with E-state index in [9.17, 15) is 9.59 Å². The van der Waals surface area contributed by atoms with Crippen LogP contribution >= 0.6 is 11.8 Å². The standard InChI is InChI=1S/C17H15N5O3S/c1-11-2-8-14(9-3-11)22-17(19-20-21-22)26-10-15(23)18-13-6-4-12(5-7-13)16(24)25/h2-9H,10H2,1H3,(H,18,23)(H,24,25). The largest absolute Gasteiger partial charge is 0.478 e. The monoisotopic (exact) mass is 369 g/mol. The molecule has 0 aliphatic heterocycles. The Hall–Kier alpha value is -3.20. The fraction of sp³-hybridized carbons (Fsp3) is 0.118. The molecular formula is C17H15N5O3S. The van der Waals surface area contributed by atoms with Gasteiger partial charge in [-0.1, -0.05) is 29.5 Å². The van der Waals surface area contributed by atoms with Crippen LogP contribution < -0.4 is 5.32 Å². The zero-order valence-electron chi connectivity index (χ0n) is 13.8. The number of aryl methyl sites for hydroxylation is 1. The number of carbonyl (C=O) groups is 2. The van der Waals surface area contributed by atoms with E-state index in [0.29, 0.717) is 10.8 Å². The highest BCUT2D eigenvalue weighted by atomic mass is 32.2. The summed E-state index contributed by atoms with van der Waals surface area (Å²) >= 11 is 1.21. The van der Waals surface area contributed by atoms with Gasteiger partial charge in [-0.15, -0.1) is 5.10 Å². The molecule has 0 saturated heterocycles. The number of rotatable bonds is 6. The Bertz CT molecular complexity index is 922. The van der Waals surface area contributed by atoms with Gasteiger partial charge in [-0.25, -0.2) is 4.79 Å². The van der Waals surface area contributed by atoms with Crippen LogP contribution in [0.1, 0.15) is 15.9 Å². The van der Waals surface area contributed by atoms with E-state index in [-0.39, 0.29) is 17.2 Å². The number of aromatic nitrogens is 4. The van der Waals surface area contributed by atoms with Crippen LogP contribution in [-0.4, -0.2) is 42.9 Å². The average Bonchev–Trinajstić information content (AvgIpc) is 3.09. The Morgan fingerprint density at radius 1 is 1.12 bits per heavy atom. The first kappa shape index (κ1) is 17.6. The molecule has 0 bridgehead atoms. The van der Waals surface area contributed by atoms with E-state index in [1.165, 1.54) is 23.9 Å². The van der Waals surface area contributed by atoms with Crippen molar-refractivity contribution in [2.75, 3.05) is 11.1 Å². The van der Waals surface area contributed by atoms with Crippen LogP contribution in [0.5, 0.6) is 0 Å².